The number of carbonyl (C=O) groups excluding carboxylic acids is 1. The third-order valence-corrected chi connectivity index (χ3v) is 8.98. The minimum absolute atomic E-state index is 0.0879. The Morgan fingerprint density at radius 2 is 1.73 bits per heavy atom. The fourth-order valence-corrected chi connectivity index (χ4v) is 7.32. The zero-order valence-electron chi connectivity index (χ0n) is 19.2. The van der Waals surface area contributed by atoms with Crippen molar-refractivity contribution in [3.63, 3.8) is 0 Å². The Kier molecular flexibility index (Phi) is 6.65. The van der Waals surface area contributed by atoms with E-state index in [0.717, 1.165) is 38.8 Å². The van der Waals surface area contributed by atoms with Crippen LogP contribution in [-0.4, -0.2) is 79.3 Å². The third-order valence-electron chi connectivity index (χ3n) is 8.98. The summed E-state index contributed by atoms with van der Waals surface area (Å²) in [4.78, 5) is 16.3. The highest BCUT2D eigenvalue weighted by Crippen LogP contribution is 2.44. The van der Waals surface area contributed by atoms with Gasteiger partial charge in [-0.25, -0.2) is 4.39 Å². The summed E-state index contributed by atoms with van der Waals surface area (Å²) >= 11 is 0. The molecule has 4 saturated heterocycles. The highest BCUT2D eigenvalue weighted by molar-refractivity contribution is 5.79. The molecule has 0 bridgehead atoms. The van der Waals surface area contributed by atoms with Crippen LogP contribution < -0.4 is 16.0 Å². The quantitative estimate of drug-likeness (QED) is 0.548. The second kappa shape index (κ2) is 9.24. The molecular formula is C23H37F4N5O. The minimum Gasteiger partial charge on any atom is -0.355 e. The van der Waals surface area contributed by atoms with Gasteiger partial charge in [-0.2, -0.15) is 13.2 Å². The van der Waals surface area contributed by atoms with E-state index >= 15 is 4.39 Å². The number of hydrogen-bond acceptors (Lipinski definition) is 5. The summed E-state index contributed by atoms with van der Waals surface area (Å²) in [7, 11) is 0. The highest BCUT2D eigenvalue weighted by Gasteiger charge is 2.49. The van der Waals surface area contributed by atoms with E-state index in [1.54, 1.807) is 0 Å². The zero-order valence-corrected chi connectivity index (χ0v) is 19.2. The lowest BCUT2D eigenvalue weighted by molar-refractivity contribution is -0.185. The second-order valence-corrected chi connectivity index (χ2v) is 11.0. The van der Waals surface area contributed by atoms with E-state index < -0.39 is 30.6 Å². The molecule has 1 amide bonds. The monoisotopic (exact) mass is 475 g/mol. The molecule has 1 spiro atoms. The maximum atomic E-state index is 16.0. The normalized spacial score (nSPS) is 43.8. The minimum atomic E-state index is -4.10. The molecule has 1 aliphatic carbocycles. The molecule has 5 unspecified atom stereocenters. The Bertz CT molecular complexity index is 715. The van der Waals surface area contributed by atoms with Gasteiger partial charge in [0, 0.05) is 44.2 Å². The largest absolute Gasteiger partial charge is 0.391 e. The number of rotatable bonds is 3. The Hall–Kier alpha value is -0.970. The molecule has 1 saturated carbocycles. The molecular weight excluding hydrogens is 438 g/mol. The van der Waals surface area contributed by atoms with Gasteiger partial charge in [-0.1, -0.05) is 0 Å². The molecule has 0 aromatic heterocycles. The molecule has 0 radical (unpaired) electrons. The smallest absolute Gasteiger partial charge is 0.355 e. The Labute approximate surface area is 193 Å². The van der Waals surface area contributed by atoms with Gasteiger partial charge in [0.25, 0.3) is 0 Å². The van der Waals surface area contributed by atoms with Crippen LogP contribution in [0.4, 0.5) is 17.6 Å². The van der Waals surface area contributed by atoms with Crippen LogP contribution in [0.3, 0.4) is 0 Å². The average molecular weight is 476 g/mol. The fraction of sp³-hybridized carbons (Fsp3) is 0.957. The first kappa shape index (κ1) is 23.8. The fourth-order valence-electron chi connectivity index (χ4n) is 7.32. The van der Waals surface area contributed by atoms with Crippen LogP contribution in [0.25, 0.3) is 0 Å². The van der Waals surface area contributed by atoms with Crippen molar-refractivity contribution in [3.05, 3.63) is 0 Å². The van der Waals surface area contributed by atoms with Gasteiger partial charge in [-0.3, -0.25) is 25.2 Å². The summed E-state index contributed by atoms with van der Waals surface area (Å²) in [5, 5.41) is 9.58. The molecule has 6 nitrogen and oxygen atoms in total. The number of amides is 1. The van der Waals surface area contributed by atoms with Gasteiger partial charge in [0.15, 0.2) is 6.17 Å². The number of piperidine rings is 1. The maximum absolute atomic E-state index is 16.0. The van der Waals surface area contributed by atoms with E-state index in [1.807, 2.05) is 0 Å². The number of likely N-dealkylation sites (tertiary alicyclic amines) is 2. The standard InChI is InChI=1S/C23H37F4N5O/c24-19-20(31-9-2-8-22(13-31)11-18(33)28-12-22)29-14-30-21(19)32-10-1-3-17(32)15-4-6-16(7-5-15)23(25,26)27/h15-17,19-21,29-30H,1-14H2,(H,28,33). The molecule has 5 fully saturated rings. The van der Waals surface area contributed by atoms with Crippen molar-refractivity contribution in [2.75, 3.05) is 32.8 Å². The SMILES string of the molecule is O=C1CC2(CCCN(C3NCNC(N4CCCC4C4CCC(C(F)(F)F)CC4)C3F)C2)CN1. The van der Waals surface area contributed by atoms with Crippen LogP contribution in [0.5, 0.6) is 0 Å². The Morgan fingerprint density at radius 1 is 0.970 bits per heavy atom. The van der Waals surface area contributed by atoms with Crippen LogP contribution >= 0.6 is 0 Å². The van der Waals surface area contributed by atoms with Crippen molar-refractivity contribution in [3.8, 4) is 0 Å². The number of alkyl halides is 4. The molecule has 0 aromatic carbocycles. The van der Waals surface area contributed by atoms with Crippen LogP contribution in [0.15, 0.2) is 0 Å². The molecule has 5 atom stereocenters. The average Bonchev–Trinajstić information content (AvgIpc) is 3.40. The van der Waals surface area contributed by atoms with E-state index in [-0.39, 0.29) is 36.1 Å². The first-order valence-corrected chi connectivity index (χ1v) is 12.7. The summed E-state index contributed by atoms with van der Waals surface area (Å²) in [6.07, 6.45) is -0.178. The predicted octanol–water partition coefficient (Wildman–Crippen LogP) is 2.56. The van der Waals surface area contributed by atoms with Crippen molar-refractivity contribution in [1.82, 2.24) is 25.8 Å². The van der Waals surface area contributed by atoms with Crippen molar-refractivity contribution >= 4 is 5.91 Å². The van der Waals surface area contributed by atoms with Crippen molar-refractivity contribution in [2.24, 2.45) is 17.3 Å². The van der Waals surface area contributed by atoms with Gasteiger partial charge in [-0.15, -0.1) is 0 Å². The number of halogens is 4. The highest BCUT2D eigenvalue weighted by atomic mass is 19.4. The molecule has 0 aromatic rings. The lowest BCUT2D eigenvalue weighted by Gasteiger charge is -2.50. The molecule has 5 aliphatic rings. The summed E-state index contributed by atoms with van der Waals surface area (Å²) in [5.74, 6) is -0.880. The molecule has 3 N–H and O–H groups in total. The van der Waals surface area contributed by atoms with E-state index in [0.29, 0.717) is 39.0 Å². The summed E-state index contributed by atoms with van der Waals surface area (Å²) in [6.45, 7) is 3.48. The summed E-state index contributed by atoms with van der Waals surface area (Å²) in [5.41, 5.74) is -0.0929. The number of carbonyl (C=O) groups is 1. The van der Waals surface area contributed by atoms with Crippen LogP contribution in [0.2, 0.25) is 0 Å². The predicted molar refractivity (Wildman–Crippen MR) is 116 cm³/mol. The molecule has 33 heavy (non-hydrogen) atoms. The molecule has 10 heteroatoms. The van der Waals surface area contributed by atoms with Gasteiger partial charge >= 0.3 is 6.18 Å². The topological polar surface area (TPSA) is 59.6 Å². The number of nitrogens with one attached hydrogen (secondary N) is 3. The maximum Gasteiger partial charge on any atom is 0.391 e. The molecule has 4 heterocycles. The van der Waals surface area contributed by atoms with E-state index in [1.165, 1.54) is 0 Å². The zero-order chi connectivity index (χ0) is 23.2. The lowest BCUT2D eigenvalue weighted by atomic mass is 9.77. The third kappa shape index (κ3) is 4.77. The van der Waals surface area contributed by atoms with Crippen LogP contribution in [0.1, 0.15) is 57.8 Å². The van der Waals surface area contributed by atoms with E-state index in [9.17, 15) is 18.0 Å². The first-order chi connectivity index (χ1) is 15.8. The summed E-state index contributed by atoms with van der Waals surface area (Å²) < 4.78 is 55.4. The Balaban J connectivity index is 1.23. The second-order valence-electron chi connectivity index (χ2n) is 11.0. The number of nitrogens with zero attached hydrogens (tertiary/aromatic N) is 2. The van der Waals surface area contributed by atoms with Gasteiger partial charge in [0.05, 0.1) is 18.2 Å². The van der Waals surface area contributed by atoms with E-state index in [2.05, 4.69) is 25.8 Å². The lowest BCUT2D eigenvalue weighted by Crippen LogP contribution is -2.71. The Morgan fingerprint density at radius 3 is 2.42 bits per heavy atom. The molecule has 5 rings (SSSR count). The number of hydrogen-bond donors (Lipinski definition) is 3. The summed E-state index contributed by atoms with van der Waals surface area (Å²) in [6, 6.07) is 0.151. The van der Waals surface area contributed by atoms with Crippen molar-refractivity contribution in [1.29, 1.82) is 0 Å². The van der Waals surface area contributed by atoms with E-state index in [4.69, 9.17) is 0 Å². The van der Waals surface area contributed by atoms with Gasteiger partial charge in [0.2, 0.25) is 5.91 Å². The first-order valence-electron chi connectivity index (χ1n) is 12.7. The van der Waals surface area contributed by atoms with Gasteiger partial charge in [-0.05, 0) is 63.8 Å². The van der Waals surface area contributed by atoms with Crippen LogP contribution in [-0.2, 0) is 4.79 Å². The van der Waals surface area contributed by atoms with Crippen molar-refractivity contribution < 1.29 is 22.4 Å². The molecule has 4 aliphatic heterocycles. The van der Waals surface area contributed by atoms with Crippen molar-refractivity contribution in [2.45, 2.75) is 88.5 Å². The molecule has 188 valence electrons. The van der Waals surface area contributed by atoms with Crippen LogP contribution in [0, 0.1) is 17.3 Å². The van der Waals surface area contributed by atoms with Gasteiger partial charge in [0.1, 0.15) is 0 Å². The van der Waals surface area contributed by atoms with Gasteiger partial charge < -0.3 is 5.32 Å².